The molecule has 1 N–H and O–H groups in total. The first-order valence-electron chi connectivity index (χ1n) is 12.1. The van der Waals surface area contributed by atoms with Crippen LogP contribution in [0.25, 0.3) is 0 Å². The van der Waals surface area contributed by atoms with Gasteiger partial charge >= 0.3 is 6.18 Å². The van der Waals surface area contributed by atoms with Crippen LogP contribution in [-0.4, -0.2) is 71.9 Å². The molecule has 2 aliphatic rings. The first kappa shape index (κ1) is 27.7. The third kappa shape index (κ3) is 6.21. The van der Waals surface area contributed by atoms with E-state index in [1.54, 1.807) is 18.2 Å². The predicted molar refractivity (Wildman–Crippen MR) is 130 cm³/mol. The van der Waals surface area contributed by atoms with E-state index in [-0.39, 0.29) is 49.1 Å². The van der Waals surface area contributed by atoms with Crippen LogP contribution >= 0.6 is 0 Å². The van der Waals surface area contributed by atoms with Crippen LogP contribution in [0.4, 0.5) is 13.2 Å². The second-order valence-corrected chi connectivity index (χ2v) is 11.2. The molecule has 0 aliphatic carbocycles. The second kappa shape index (κ2) is 11.2. The Morgan fingerprint density at radius 2 is 1.82 bits per heavy atom. The highest BCUT2D eigenvalue weighted by Crippen LogP contribution is 2.33. The molecule has 2 aromatic rings. The van der Waals surface area contributed by atoms with E-state index >= 15 is 0 Å². The number of fused-ring (bicyclic) bond motifs is 1. The number of pyridine rings is 1. The van der Waals surface area contributed by atoms with Gasteiger partial charge in [-0.2, -0.15) is 17.5 Å². The number of aromatic nitrogens is 1. The van der Waals surface area contributed by atoms with Gasteiger partial charge in [-0.25, -0.2) is 8.42 Å². The number of benzene rings is 1. The molecule has 2 aliphatic heterocycles. The fourth-order valence-electron chi connectivity index (χ4n) is 4.83. The van der Waals surface area contributed by atoms with E-state index in [9.17, 15) is 36.0 Å². The van der Waals surface area contributed by atoms with E-state index in [4.69, 9.17) is 0 Å². The number of ketones is 1. The Bertz CT molecular complexity index is 1290. The van der Waals surface area contributed by atoms with Crippen LogP contribution in [0.1, 0.15) is 47.3 Å². The highest BCUT2D eigenvalue weighted by molar-refractivity contribution is 7.88. The first-order chi connectivity index (χ1) is 18.0. The summed E-state index contributed by atoms with van der Waals surface area (Å²) in [6.07, 6.45) is -1.64. The molecule has 4 rings (SSSR count). The van der Waals surface area contributed by atoms with Crippen LogP contribution < -0.4 is 5.32 Å². The lowest BCUT2D eigenvalue weighted by Gasteiger charge is -2.24. The number of amides is 2. The lowest BCUT2D eigenvalue weighted by molar-refractivity contribution is -0.137. The molecule has 0 saturated carbocycles. The van der Waals surface area contributed by atoms with Gasteiger partial charge in [-0.3, -0.25) is 19.4 Å². The molecule has 2 fully saturated rings. The molecule has 13 heteroatoms. The molecule has 2 atom stereocenters. The summed E-state index contributed by atoms with van der Waals surface area (Å²) in [5.41, 5.74) is -0.370. The number of nitrogens with zero attached hydrogens (tertiary/aromatic N) is 3. The number of hydrogen-bond donors (Lipinski definition) is 1. The SMILES string of the molecule is O=C(NCCCCC(=O)N1CCC2C1C(=O)CN2S(=O)(=O)Cc1ccccn1)c1ccc(C(F)(F)F)cc1. The predicted octanol–water partition coefficient (Wildman–Crippen LogP) is 2.38. The molecule has 2 unspecified atom stereocenters. The zero-order valence-corrected chi connectivity index (χ0v) is 21.2. The highest BCUT2D eigenvalue weighted by Gasteiger charge is 2.53. The Labute approximate surface area is 218 Å². The third-order valence-corrected chi connectivity index (χ3v) is 8.46. The van der Waals surface area contributed by atoms with Gasteiger partial charge in [0.15, 0.2) is 5.78 Å². The molecule has 1 aromatic carbocycles. The van der Waals surface area contributed by atoms with E-state index in [0.717, 1.165) is 24.3 Å². The average molecular weight is 553 g/mol. The van der Waals surface area contributed by atoms with Gasteiger partial charge in [0.25, 0.3) is 5.91 Å². The maximum Gasteiger partial charge on any atom is 0.416 e. The first-order valence-corrected chi connectivity index (χ1v) is 13.8. The Kier molecular flexibility index (Phi) is 8.16. The van der Waals surface area contributed by atoms with E-state index in [1.807, 2.05) is 0 Å². The minimum absolute atomic E-state index is 0.0967. The number of likely N-dealkylation sites (tertiary alicyclic amines) is 1. The Morgan fingerprint density at radius 3 is 2.47 bits per heavy atom. The lowest BCUT2D eigenvalue weighted by Crippen LogP contribution is -2.43. The van der Waals surface area contributed by atoms with Gasteiger partial charge in [0.05, 0.1) is 23.8 Å². The van der Waals surface area contributed by atoms with Crippen molar-refractivity contribution in [1.29, 1.82) is 0 Å². The molecule has 2 amide bonds. The topological polar surface area (TPSA) is 117 Å². The summed E-state index contributed by atoms with van der Waals surface area (Å²) in [5, 5.41) is 2.61. The van der Waals surface area contributed by atoms with E-state index in [1.165, 1.54) is 15.4 Å². The number of Topliss-reactive ketones (excluding diaryl/α,β-unsaturated/α-hetero) is 1. The number of hydrogen-bond acceptors (Lipinski definition) is 6. The number of rotatable bonds is 9. The zero-order valence-electron chi connectivity index (χ0n) is 20.4. The molecule has 2 saturated heterocycles. The molecular formula is C25H27F3N4O5S. The number of sulfonamides is 1. The smallest absolute Gasteiger partial charge is 0.352 e. The van der Waals surface area contributed by atoms with Gasteiger partial charge in [0, 0.05) is 31.3 Å². The van der Waals surface area contributed by atoms with Crippen molar-refractivity contribution in [3.8, 4) is 0 Å². The summed E-state index contributed by atoms with van der Waals surface area (Å²) >= 11 is 0. The molecule has 0 radical (unpaired) electrons. The normalized spacial score (nSPS) is 20.0. The summed E-state index contributed by atoms with van der Waals surface area (Å²) < 4.78 is 65.1. The molecular weight excluding hydrogens is 525 g/mol. The molecule has 204 valence electrons. The zero-order chi connectivity index (χ0) is 27.5. The fraction of sp³-hybridized carbons (Fsp3) is 0.440. The van der Waals surface area contributed by atoms with Crippen LogP contribution in [0.15, 0.2) is 48.7 Å². The summed E-state index contributed by atoms with van der Waals surface area (Å²) in [4.78, 5) is 43.2. The van der Waals surface area contributed by atoms with Crippen molar-refractivity contribution in [3.63, 3.8) is 0 Å². The van der Waals surface area contributed by atoms with Crippen molar-refractivity contribution >= 4 is 27.6 Å². The van der Waals surface area contributed by atoms with Crippen molar-refractivity contribution in [1.82, 2.24) is 19.5 Å². The number of halogens is 3. The Balaban J connectivity index is 1.24. The third-order valence-electron chi connectivity index (χ3n) is 6.69. The van der Waals surface area contributed by atoms with Crippen molar-refractivity contribution in [3.05, 3.63) is 65.5 Å². The average Bonchev–Trinajstić information content (AvgIpc) is 3.45. The minimum atomic E-state index is -4.48. The number of alkyl halides is 3. The van der Waals surface area contributed by atoms with Crippen LogP contribution in [0.5, 0.6) is 0 Å². The van der Waals surface area contributed by atoms with Crippen molar-refractivity contribution in [2.24, 2.45) is 0 Å². The molecule has 0 spiro atoms. The van der Waals surface area contributed by atoms with Crippen molar-refractivity contribution < 1.29 is 36.0 Å². The van der Waals surface area contributed by atoms with E-state index < -0.39 is 39.8 Å². The van der Waals surface area contributed by atoms with Gasteiger partial charge in [-0.05, 0) is 55.7 Å². The van der Waals surface area contributed by atoms with Gasteiger partial charge in [-0.1, -0.05) is 6.07 Å². The van der Waals surface area contributed by atoms with Gasteiger partial charge in [0.2, 0.25) is 15.9 Å². The monoisotopic (exact) mass is 552 g/mol. The fourth-order valence-corrected chi connectivity index (χ4v) is 6.49. The van der Waals surface area contributed by atoms with Gasteiger partial charge in [-0.15, -0.1) is 0 Å². The van der Waals surface area contributed by atoms with Crippen LogP contribution in [0.3, 0.4) is 0 Å². The second-order valence-electron chi connectivity index (χ2n) is 9.26. The number of carbonyl (C=O) groups is 3. The quantitative estimate of drug-likeness (QED) is 0.478. The summed E-state index contributed by atoms with van der Waals surface area (Å²) in [6, 6.07) is 7.45. The number of unbranched alkanes of at least 4 members (excludes halogenated alkanes) is 1. The molecule has 3 heterocycles. The maximum absolute atomic E-state index is 13.0. The maximum atomic E-state index is 13.0. The van der Waals surface area contributed by atoms with Crippen molar-refractivity contribution in [2.45, 2.75) is 49.7 Å². The van der Waals surface area contributed by atoms with Gasteiger partial charge in [0.1, 0.15) is 11.8 Å². The molecule has 38 heavy (non-hydrogen) atoms. The van der Waals surface area contributed by atoms with Crippen LogP contribution in [-0.2, 0) is 31.5 Å². The van der Waals surface area contributed by atoms with Gasteiger partial charge < -0.3 is 10.2 Å². The Morgan fingerprint density at radius 1 is 1.08 bits per heavy atom. The molecule has 1 aromatic heterocycles. The number of nitrogens with one attached hydrogen (secondary N) is 1. The van der Waals surface area contributed by atoms with E-state index in [0.29, 0.717) is 25.0 Å². The molecule has 9 nitrogen and oxygen atoms in total. The molecule has 0 bridgehead atoms. The highest BCUT2D eigenvalue weighted by atomic mass is 32.2. The summed E-state index contributed by atoms with van der Waals surface area (Å²) in [5.74, 6) is -1.41. The lowest BCUT2D eigenvalue weighted by atomic mass is 10.1. The van der Waals surface area contributed by atoms with Crippen LogP contribution in [0, 0.1) is 0 Å². The van der Waals surface area contributed by atoms with E-state index in [2.05, 4.69) is 10.3 Å². The summed E-state index contributed by atoms with van der Waals surface area (Å²) in [6.45, 7) is 0.224. The van der Waals surface area contributed by atoms with Crippen molar-refractivity contribution in [2.75, 3.05) is 19.6 Å². The Hall–Kier alpha value is -3.32. The van der Waals surface area contributed by atoms with Crippen LogP contribution in [0.2, 0.25) is 0 Å². The summed E-state index contributed by atoms with van der Waals surface area (Å²) in [7, 11) is -3.80. The standard InChI is InChI=1S/C25H27F3N4O5S/c26-25(27,28)18-9-7-17(8-10-18)24(35)30-13-4-2-6-22(34)31-14-11-20-23(31)21(33)15-32(20)38(36,37)16-19-5-1-3-12-29-19/h1,3,5,7-10,12,20,23H,2,4,6,11,13-16H2,(H,30,35). The largest absolute Gasteiger partial charge is 0.416 e. The number of carbonyl (C=O) groups excluding carboxylic acids is 3. The minimum Gasteiger partial charge on any atom is -0.352 e.